The third-order valence-electron chi connectivity index (χ3n) is 4.75. The van der Waals surface area contributed by atoms with Gasteiger partial charge in [0.25, 0.3) is 0 Å². The molecule has 0 saturated carbocycles. The molecule has 0 aliphatic carbocycles. The van der Waals surface area contributed by atoms with Gasteiger partial charge in [-0.3, -0.25) is 9.80 Å². The molecule has 2 fully saturated rings. The number of nitrogens with two attached hydrogens (primary N) is 1. The molecule has 116 valence electrons. The highest BCUT2D eigenvalue weighted by atomic mass is 79.9. The molecule has 1 aromatic carbocycles. The fourth-order valence-corrected chi connectivity index (χ4v) is 3.76. The molecule has 2 aliphatic rings. The second kappa shape index (κ2) is 6.73. The molecule has 3 rings (SSSR count). The highest BCUT2D eigenvalue weighted by Crippen LogP contribution is 2.23. The van der Waals surface area contributed by atoms with Gasteiger partial charge in [0.05, 0.1) is 0 Å². The molecule has 2 N–H and O–H groups in total. The van der Waals surface area contributed by atoms with Crippen LogP contribution >= 0.6 is 15.9 Å². The van der Waals surface area contributed by atoms with Crippen molar-refractivity contribution >= 4 is 15.9 Å². The van der Waals surface area contributed by atoms with Crippen molar-refractivity contribution in [3.63, 3.8) is 0 Å². The molecule has 0 bridgehead atoms. The molecule has 21 heavy (non-hydrogen) atoms. The van der Waals surface area contributed by atoms with Gasteiger partial charge in [0.15, 0.2) is 0 Å². The zero-order valence-electron chi connectivity index (χ0n) is 12.3. The highest BCUT2D eigenvalue weighted by molar-refractivity contribution is 9.10. The van der Waals surface area contributed by atoms with Crippen LogP contribution < -0.4 is 5.73 Å². The maximum Gasteiger partial charge on any atom is 0.128 e. The van der Waals surface area contributed by atoms with Gasteiger partial charge < -0.3 is 5.73 Å². The first-order valence-corrected chi connectivity index (χ1v) is 8.57. The lowest BCUT2D eigenvalue weighted by atomic mass is 10.0. The van der Waals surface area contributed by atoms with Gasteiger partial charge in [-0.05, 0) is 44.5 Å². The van der Waals surface area contributed by atoms with Crippen LogP contribution in [-0.4, -0.2) is 48.1 Å². The Labute approximate surface area is 134 Å². The minimum absolute atomic E-state index is 0.114. The quantitative estimate of drug-likeness (QED) is 0.904. The largest absolute Gasteiger partial charge is 0.328 e. The average molecular weight is 356 g/mol. The van der Waals surface area contributed by atoms with Crippen LogP contribution in [0.3, 0.4) is 0 Å². The highest BCUT2D eigenvalue weighted by Gasteiger charge is 2.29. The van der Waals surface area contributed by atoms with E-state index in [1.165, 1.54) is 6.42 Å². The van der Waals surface area contributed by atoms with Crippen molar-refractivity contribution in [1.29, 1.82) is 0 Å². The molecule has 0 aromatic heterocycles. The molecular formula is C16H23BrFN3. The zero-order valence-corrected chi connectivity index (χ0v) is 13.9. The fraction of sp³-hybridized carbons (Fsp3) is 0.625. The maximum absolute atomic E-state index is 13.9. The first-order valence-electron chi connectivity index (χ1n) is 7.78. The molecule has 1 unspecified atom stereocenters. The number of likely N-dealkylation sites (tertiary alicyclic amines) is 2. The molecular weight excluding hydrogens is 333 g/mol. The minimum Gasteiger partial charge on any atom is -0.328 e. The Bertz CT molecular complexity index is 488. The van der Waals surface area contributed by atoms with Crippen LogP contribution in [0, 0.1) is 5.82 Å². The van der Waals surface area contributed by atoms with E-state index in [2.05, 4.69) is 25.7 Å². The van der Waals surface area contributed by atoms with Gasteiger partial charge in [0, 0.05) is 41.8 Å². The van der Waals surface area contributed by atoms with Crippen LogP contribution in [0.1, 0.15) is 24.8 Å². The lowest BCUT2D eigenvalue weighted by Crippen LogP contribution is -2.46. The Morgan fingerprint density at radius 2 is 1.95 bits per heavy atom. The van der Waals surface area contributed by atoms with Crippen LogP contribution in [0.25, 0.3) is 0 Å². The summed E-state index contributed by atoms with van der Waals surface area (Å²) in [5.74, 6) is -0.114. The van der Waals surface area contributed by atoms with Crippen molar-refractivity contribution in [3.8, 4) is 0 Å². The lowest BCUT2D eigenvalue weighted by molar-refractivity contribution is 0.151. The van der Waals surface area contributed by atoms with E-state index in [4.69, 9.17) is 5.73 Å². The summed E-state index contributed by atoms with van der Waals surface area (Å²) in [6.45, 7) is 5.05. The predicted octanol–water partition coefficient (Wildman–Crippen LogP) is 2.59. The van der Waals surface area contributed by atoms with Gasteiger partial charge in [0.1, 0.15) is 5.82 Å². The Morgan fingerprint density at radius 3 is 2.67 bits per heavy atom. The molecule has 1 aromatic rings. The summed E-state index contributed by atoms with van der Waals surface area (Å²) < 4.78 is 14.7. The fourth-order valence-electron chi connectivity index (χ4n) is 3.43. The third kappa shape index (κ3) is 3.83. The Balaban J connectivity index is 1.55. The van der Waals surface area contributed by atoms with Crippen LogP contribution in [0.4, 0.5) is 4.39 Å². The topological polar surface area (TPSA) is 32.5 Å². The first-order chi connectivity index (χ1) is 10.1. The van der Waals surface area contributed by atoms with Crippen molar-refractivity contribution in [2.24, 2.45) is 5.73 Å². The first kappa shape index (κ1) is 15.4. The van der Waals surface area contributed by atoms with Crippen molar-refractivity contribution < 1.29 is 4.39 Å². The molecule has 2 saturated heterocycles. The summed E-state index contributed by atoms with van der Waals surface area (Å²) >= 11 is 3.30. The van der Waals surface area contributed by atoms with E-state index in [0.29, 0.717) is 18.6 Å². The Morgan fingerprint density at radius 1 is 1.19 bits per heavy atom. The standard InChI is InChI=1S/C16H23BrFN3/c17-13-2-1-12(16(18)9-13)10-20-6-5-15(11-20)21-7-3-14(19)4-8-21/h1-2,9,14-15H,3-8,10-11,19H2. The van der Waals surface area contributed by atoms with E-state index in [1.54, 1.807) is 6.07 Å². The monoisotopic (exact) mass is 355 g/mol. The average Bonchev–Trinajstić information content (AvgIpc) is 2.91. The molecule has 1 atom stereocenters. The third-order valence-corrected chi connectivity index (χ3v) is 5.24. The molecule has 0 amide bonds. The summed E-state index contributed by atoms with van der Waals surface area (Å²) in [5.41, 5.74) is 6.76. The lowest BCUT2D eigenvalue weighted by Gasteiger charge is -2.34. The van der Waals surface area contributed by atoms with Crippen molar-refractivity contribution in [2.75, 3.05) is 26.2 Å². The molecule has 0 radical (unpaired) electrons. The number of rotatable bonds is 3. The number of halogens is 2. The number of hydrogen-bond acceptors (Lipinski definition) is 3. The van der Waals surface area contributed by atoms with Gasteiger partial charge in [-0.25, -0.2) is 4.39 Å². The molecule has 0 spiro atoms. The van der Waals surface area contributed by atoms with Gasteiger partial charge in [0.2, 0.25) is 0 Å². The molecule has 5 heteroatoms. The zero-order chi connectivity index (χ0) is 14.8. The number of nitrogens with zero attached hydrogens (tertiary/aromatic N) is 2. The van der Waals surface area contributed by atoms with Crippen LogP contribution in [0.5, 0.6) is 0 Å². The van der Waals surface area contributed by atoms with E-state index in [-0.39, 0.29) is 5.82 Å². The SMILES string of the molecule is NC1CCN(C2CCN(Cc3ccc(Br)cc3F)C2)CC1. The summed E-state index contributed by atoms with van der Waals surface area (Å²) in [7, 11) is 0. The minimum atomic E-state index is -0.114. The Hall–Kier alpha value is -0.490. The second-order valence-electron chi connectivity index (χ2n) is 6.29. The van der Waals surface area contributed by atoms with Crippen molar-refractivity contribution in [1.82, 2.24) is 9.80 Å². The van der Waals surface area contributed by atoms with Crippen LogP contribution in [0.15, 0.2) is 22.7 Å². The maximum atomic E-state index is 13.9. The van der Waals surface area contributed by atoms with Crippen molar-refractivity contribution in [3.05, 3.63) is 34.1 Å². The molecule has 2 aliphatic heterocycles. The molecule has 3 nitrogen and oxygen atoms in total. The summed E-state index contributed by atoms with van der Waals surface area (Å²) in [6.07, 6.45) is 3.41. The van der Waals surface area contributed by atoms with E-state index in [0.717, 1.165) is 49.1 Å². The van der Waals surface area contributed by atoms with Gasteiger partial charge in [-0.2, -0.15) is 0 Å². The smallest absolute Gasteiger partial charge is 0.128 e. The summed E-state index contributed by atoms with van der Waals surface area (Å²) in [5, 5.41) is 0. The normalized spacial score (nSPS) is 25.6. The van der Waals surface area contributed by atoms with E-state index < -0.39 is 0 Å². The van der Waals surface area contributed by atoms with Gasteiger partial charge in [-0.15, -0.1) is 0 Å². The van der Waals surface area contributed by atoms with Gasteiger partial charge in [-0.1, -0.05) is 22.0 Å². The summed E-state index contributed by atoms with van der Waals surface area (Å²) in [4.78, 5) is 4.94. The van der Waals surface area contributed by atoms with Crippen LogP contribution in [0.2, 0.25) is 0 Å². The van der Waals surface area contributed by atoms with E-state index >= 15 is 0 Å². The number of hydrogen-bond donors (Lipinski definition) is 1. The van der Waals surface area contributed by atoms with Gasteiger partial charge >= 0.3 is 0 Å². The van der Waals surface area contributed by atoms with E-state index in [9.17, 15) is 4.39 Å². The summed E-state index contributed by atoms with van der Waals surface area (Å²) in [6, 6.07) is 6.35. The second-order valence-corrected chi connectivity index (χ2v) is 7.20. The molecule has 2 heterocycles. The van der Waals surface area contributed by atoms with Crippen LogP contribution in [-0.2, 0) is 6.54 Å². The number of piperidine rings is 1. The predicted molar refractivity (Wildman–Crippen MR) is 86.6 cm³/mol. The number of benzene rings is 1. The Kier molecular flexibility index (Phi) is 4.94. The van der Waals surface area contributed by atoms with Crippen molar-refractivity contribution in [2.45, 2.75) is 37.9 Å². The van der Waals surface area contributed by atoms with E-state index in [1.807, 2.05) is 12.1 Å².